The molecule has 0 aromatic heterocycles. The normalized spacial score (nSPS) is 19.1. The van der Waals surface area contributed by atoms with Crippen molar-refractivity contribution in [3.8, 4) is 5.75 Å². The molecule has 0 aliphatic heterocycles. The van der Waals surface area contributed by atoms with Gasteiger partial charge < -0.3 is 20.5 Å². The zero-order valence-corrected chi connectivity index (χ0v) is 14.6. The second kappa shape index (κ2) is 9.88. The molecule has 7 heteroatoms. The van der Waals surface area contributed by atoms with Crippen LogP contribution in [0.15, 0.2) is 30.3 Å². The average molecular weight is 349 g/mol. The highest BCUT2D eigenvalue weighted by Crippen LogP contribution is 2.25. The van der Waals surface area contributed by atoms with E-state index in [1.54, 1.807) is 0 Å². The van der Waals surface area contributed by atoms with Crippen LogP contribution in [0.2, 0.25) is 0 Å². The topological polar surface area (TPSA) is 90.9 Å². The first-order valence-electron chi connectivity index (χ1n) is 8.76. The van der Waals surface area contributed by atoms with Gasteiger partial charge in [0.25, 0.3) is 0 Å². The van der Waals surface area contributed by atoms with Crippen molar-refractivity contribution in [2.24, 2.45) is 0 Å². The quantitative estimate of drug-likeness (QED) is 0.559. The number of carbonyl (C=O) groups excluding carboxylic acids is 1. The minimum Gasteiger partial charge on any atom is -0.494 e. The number of carbonyl (C=O) groups is 2. The van der Waals surface area contributed by atoms with Gasteiger partial charge in [-0.2, -0.15) is 0 Å². The lowest BCUT2D eigenvalue weighted by atomic mass is 9.85. The summed E-state index contributed by atoms with van der Waals surface area (Å²) in [5.41, 5.74) is 0. The van der Waals surface area contributed by atoms with Gasteiger partial charge in [-0.25, -0.2) is 4.79 Å². The number of ether oxygens (including phenoxy) is 1. The van der Waals surface area contributed by atoms with Crippen molar-refractivity contribution in [1.29, 1.82) is 0 Å². The van der Waals surface area contributed by atoms with E-state index in [0.717, 1.165) is 25.0 Å². The lowest BCUT2D eigenvalue weighted by Gasteiger charge is -2.42. The lowest BCUT2D eigenvalue weighted by Crippen LogP contribution is -2.56. The van der Waals surface area contributed by atoms with Crippen molar-refractivity contribution in [2.45, 2.75) is 38.3 Å². The molecule has 0 unspecified atom stereocenters. The van der Waals surface area contributed by atoms with E-state index in [1.165, 1.54) is 0 Å². The summed E-state index contributed by atoms with van der Waals surface area (Å²) in [4.78, 5) is 24.6. The maximum Gasteiger partial charge on any atom is 0.317 e. The van der Waals surface area contributed by atoms with Crippen LogP contribution >= 0.6 is 0 Å². The van der Waals surface area contributed by atoms with Crippen LogP contribution in [0.5, 0.6) is 5.75 Å². The molecule has 1 aromatic carbocycles. The molecule has 1 aliphatic carbocycles. The van der Waals surface area contributed by atoms with Crippen molar-refractivity contribution in [3.63, 3.8) is 0 Å². The van der Waals surface area contributed by atoms with Gasteiger partial charge in [0, 0.05) is 18.6 Å². The van der Waals surface area contributed by atoms with Crippen molar-refractivity contribution in [3.05, 3.63) is 30.3 Å². The molecule has 2 rings (SSSR count). The van der Waals surface area contributed by atoms with E-state index in [4.69, 9.17) is 9.84 Å². The molecule has 1 fully saturated rings. The van der Waals surface area contributed by atoms with Gasteiger partial charge in [-0.15, -0.1) is 0 Å². The van der Waals surface area contributed by atoms with Crippen LogP contribution in [-0.4, -0.2) is 60.3 Å². The van der Waals surface area contributed by atoms with Crippen molar-refractivity contribution in [2.75, 3.05) is 26.2 Å². The Bertz CT molecular complexity index is 547. The summed E-state index contributed by atoms with van der Waals surface area (Å²) in [5, 5.41) is 14.6. The van der Waals surface area contributed by atoms with Gasteiger partial charge >= 0.3 is 12.0 Å². The standard InChI is InChI=1S/C18H27N3O4/c1-2-21(13-17(22)23)15-11-14(12-15)20-18(24)19-9-6-10-25-16-7-4-3-5-8-16/h3-5,7-8,14-15H,2,6,9-13H2,1H3,(H,22,23)(H2,19,20,24). The summed E-state index contributed by atoms with van der Waals surface area (Å²) in [6.07, 6.45) is 2.33. The number of aliphatic carboxylic acids is 1. The Labute approximate surface area is 148 Å². The third-order valence-electron chi connectivity index (χ3n) is 4.33. The van der Waals surface area contributed by atoms with Crippen LogP contribution in [0.1, 0.15) is 26.2 Å². The first kappa shape index (κ1) is 19.1. The molecule has 2 amide bonds. The smallest absolute Gasteiger partial charge is 0.317 e. The number of carboxylic acids is 1. The number of para-hydroxylation sites is 1. The summed E-state index contributed by atoms with van der Waals surface area (Å²) in [6, 6.07) is 9.76. The minimum atomic E-state index is -0.811. The molecule has 1 aliphatic rings. The largest absolute Gasteiger partial charge is 0.494 e. The molecule has 0 saturated heterocycles. The van der Waals surface area contributed by atoms with Gasteiger partial charge in [-0.1, -0.05) is 25.1 Å². The summed E-state index contributed by atoms with van der Waals surface area (Å²) >= 11 is 0. The Morgan fingerprint density at radius 2 is 2.00 bits per heavy atom. The van der Waals surface area contributed by atoms with E-state index in [2.05, 4.69) is 10.6 Å². The second-order valence-electron chi connectivity index (χ2n) is 6.19. The molecule has 0 atom stereocenters. The fraction of sp³-hybridized carbons (Fsp3) is 0.556. The van der Waals surface area contributed by atoms with E-state index < -0.39 is 5.97 Å². The van der Waals surface area contributed by atoms with Crippen LogP contribution < -0.4 is 15.4 Å². The zero-order chi connectivity index (χ0) is 18.1. The Kier molecular flexibility index (Phi) is 7.53. The van der Waals surface area contributed by atoms with E-state index >= 15 is 0 Å². The maximum atomic E-state index is 11.8. The Morgan fingerprint density at radius 1 is 1.28 bits per heavy atom. The van der Waals surface area contributed by atoms with Gasteiger partial charge in [0.1, 0.15) is 5.75 Å². The third kappa shape index (κ3) is 6.62. The predicted molar refractivity (Wildman–Crippen MR) is 94.8 cm³/mol. The maximum absolute atomic E-state index is 11.8. The molecule has 1 saturated carbocycles. The monoisotopic (exact) mass is 349 g/mol. The minimum absolute atomic E-state index is 0.0570. The fourth-order valence-corrected chi connectivity index (χ4v) is 2.89. The molecule has 7 nitrogen and oxygen atoms in total. The van der Waals surface area contributed by atoms with Gasteiger partial charge in [0.05, 0.1) is 13.2 Å². The number of nitrogens with zero attached hydrogens (tertiary/aromatic N) is 1. The number of benzene rings is 1. The Hall–Kier alpha value is -2.28. The van der Waals surface area contributed by atoms with Crippen LogP contribution in [0, 0.1) is 0 Å². The van der Waals surface area contributed by atoms with E-state index in [0.29, 0.717) is 19.7 Å². The number of likely N-dealkylation sites (N-methyl/N-ethyl adjacent to an activating group) is 1. The van der Waals surface area contributed by atoms with Crippen molar-refractivity contribution >= 4 is 12.0 Å². The highest BCUT2D eigenvalue weighted by Gasteiger charge is 2.34. The van der Waals surface area contributed by atoms with Gasteiger partial charge in [-0.05, 0) is 37.9 Å². The molecule has 0 heterocycles. The lowest BCUT2D eigenvalue weighted by molar-refractivity contribution is -0.139. The molecule has 25 heavy (non-hydrogen) atoms. The molecular formula is C18H27N3O4. The van der Waals surface area contributed by atoms with Crippen molar-refractivity contribution < 1.29 is 19.4 Å². The fourth-order valence-electron chi connectivity index (χ4n) is 2.89. The first-order valence-corrected chi connectivity index (χ1v) is 8.76. The SMILES string of the molecule is CCN(CC(=O)O)C1CC(NC(=O)NCCCOc2ccccc2)C1. The van der Waals surface area contributed by atoms with E-state index in [-0.39, 0.29) is 24.7 Å². The molecule has 0 spiro atoms. The van der Waals surface area contributed by atoms with Crippen LogP contribution in [0.4, 0.5) is 4.79 Å². The first-order chi connectivity index (χ1) is 12.1. The molecule has 1 aromatic rings. The number of urea groups is 1. The second-order valence-corrected chi connectivity index (χ2v) is 6.19. The summed E-state index contributed by atoms with van der Waals surface area (Å²) in [5.74, 6) is 0.0167. The average Bonchev–Trinajstić information content (AvgIpc) is 2.56. The van der Waals surface area contributed by atoms with E-state index in [9.17, 15) is 9.59 Å². The van der Waals surface area contributed by atoms with Gasteiger partial charge in [0.15, 0.2) is 0 Å². The Balaban J connectivity index is 1.52. The zero-order valence-electron chi connectivity index (χ0n) is 14.6. The summed E-state index contributed by atoms with van der Waals surface area (Å²) in [7, 11) is 0. The number of amides is 2. The molecule has 3 N–H and O–H groups in total. The van der Waals surface area contributed by atoms with Gasteiger partial charge in [-0.3, -0.25) is 9.69 Å². The third-order valence-corrected chi connectivity index (χ3v) is 4.33. The number of hydrogen-bond donors (Lipinski definition) is 3. The number of hydrogen-bond acceptors (Lipinski definition) is 4. The predicted octanol–water partition coefficient (Wildman–Crippen LogP) is 1.69. The molecule has 0 bridgehead atoms. The molecule has 0 radical (unpaired) electrons. The van der Waals surface area contributed by atoms with E-state index in [1.807, 2.05) is 42.2 Å². The summed E-state index contributed by atoms with van der Waals surface area (Å²) < 4.78 is 5.56. The molecule has 138 valence electrons. The highest BCUT2D eigenvalue weighted by atomic mass is 16.5. The van der Waals surface area contributed by atoms with Crippen LogP contribution in [-0.2, 0) is 4.79 Å². The van der Waals surface area contributed by atoms with Crippen LogP contribution in [0.25, 0.3) is 0 Å². The van der Waals surface area contributed by atoms with Crippen LogP contribution in [0.3, 0.4) is 0 Å². The highest BCUT2D eigenvalue weighted by molar-refractivity contribution is 5.74. The number of carboxylic acid groups (broad SMARTS) is 1. The van der Waals surface area contributed by atoms with Gasteiger partial charge in [0.2, 0.25) is 0 Å². The summed E-state index contributed by atoms with van der Waals surface area (Å²) in [6.45, 7) is 3.82. The number of nitrogens with one attached hydrogen (secondary N) is 2. The Morgan fingerprint density at radius 3 is 2.64 bits per heavy atom. The van der Waals surface area contributed by atoms with Crippen molar-refractivity contribution in [1.82, 2.24) is 15.5 Å². The molecular weight excluding hydrogens is 322 g/mol. The number of rotatable bonds is 10.